The van der Waals surface area contributed by atoms with Crippen LogP contribution in [0.5, 0.6) is 0 Å². The van der Waals surface area contributed by atoms with Crippen molar-refractivity contribution < 1.29 is 62.2 Å². The van der Waals surface area contributed by atoms with Crippen molar-refractivity contribution in [3.05, 3.63) is 41.5 Å². The van der Waals surface area contributed by atoms with Crippen molar-refractivity contribution in [2.24, 2.45) is 39.6 Å². The molecule has 0 radical (unpaired) electrons. The Hall–Kier alpha value is -2.79. The molecule has 1 aromatic rings. The largest absolute Gasteiger partial charge is 0.459 e. The Labute approximate surface area is 449 Å². The summed E-state index contributed by atoms with van der Waals surface area (Å²) in [6, 6.07) is 6.37. The number of aliphatic hydroxyl groups excluding tert-OH is 2. The molecular weight excluding hydrogens is 986 g/mol. The van der Waals surface area contributed by atoms with Gasteiger partial charge < -0.3 is 64.5 Å². The molecule has 3 saturated heterocycles. The molecule has 1 aromatic carbocycles. The second-order valence-electron chi connectivity index (χ2n) is 23.1. The molecule has 428 valence electrons. The molecule has 3 fully saturated rings. The van der Waals surface area contributed by atoms with Gasteiger partial charge in [0.05, 0.1) is 47.2 Å². The molecule has 0 aliphatic carbocycles. The van der Waals surface area contributed by atoms with Crippen LogP contribution >= 0.6 is 0 Å². The van der Waals surface area contributed by atoms with Crippen LogP contribution in [0.25, 0.3) is 5.57 Å². The fourth-order valence-corrected chi connectivity index (χ4v) is 13.5. The van der Waals surface area contributed by atoms with Gasteiger partial charge in [-0.1, -0.05) is 58.0 Å². The number of methoxy groups -OCH3 is 2. The Morgan fingerprint density at radius 1 is 1.04 bits per heavy atom. The monoisotopic (exact) mass is 1080 g/mol. The molecule has 0 spiro atoms. The number of nitrogens with zero attached hydrogens (tertiary/aromatic N) is 4. The summed E-state index contributed by atoms with van der Waals surface area (Å²) < 4.78 is 64.9. The van der Waals surface area contributed by atoms with Gasteiger partial charge in [-0.2, -0.15) is 5.10 Å². The van der Waals surface area contributed by atoms with Gasteiger partial charge in [-0.3, -0.25) is 14.0 Å². The fraction of sp³-hybridized carbons (Fsp3) is 0.804. The molecule has 3 unspecified atom stereocenters. The molecule has 4 heterocycles. The lowest BCUT2D eigenvalue weighted by atomic mass is 9.68. The van der Waals surface area contributed by atoms with E-state index in [1.54, 1.807) is 34.8 Å². The van der Waals surface area contributed by atoms with Gasteiger partial charge in [0.2, 0.25) is 0 Å². The van der Waals surface area contributed by atoms with E-state index >= 15 is 0 Å². The van der Waals surface area contributed by atoms with Gasteiger partial charge in [-0.25, -0.2) is 4.39 Å². The van der Waals surface area contributed by atoms with Crippen LogP contribution in [-0.2, 0) is 44.0 Å². The number of benzene rings is 1. The van der Waals surface area contributed by atoms with E-state index in [1.165, 1.54) is 20.2 Å². The van der Waals surface area contributed by atoms with Crippen molar-refractivity contribution in [1.82, 2.24) is 9.80 Å². The number of aliphatic hydroxyl groups is 4. The fourth-order valence-electron chi connectivity index (χ4n) is 12.5. The van der Waals surface area contributed by atoms with E-state index in [1.807, 2.05) is 84.0 Å². The Bertz CT molecular complexity index is 2100. The first-order valence-electron chi connectivity index (χ1n) is 27.2. The topological polar surface area (TPSA) is 228 Å². The van der Waals surface area contributed by atoms with Crippen molar-refractivity contribution in [3.8, 4) is 0 Å². The van der Waals surface area contributed by atoms with Crippen LogP contribution < -0.4 is 5.84 Å². The zero-order valence-corrected chi connectivity index (χ0v) is 48.2. The van der Waals surface area contributed by atoms with Gasteiger partial charge in [-0.15, -0.1) is 0 Å². The summed E-state index contributed by atoms with van der Waals surface area (Å²) in [5.74, 6) is 4.18. The number of alkyl halides is 1. The first kappa shape index (κ1) is 63.0. The first-order valence-corrected chi connectivity index (χ1v) is 28.7. The summed E-state index contributed by atoms with van der Waals surface area (Å²) in [4.78, 5) is 23.4. The lowest BCUT2D eigenvalue weighted by molar-refractivity contribution is -0.275. The summed E-state index contributed by atoms with van der Waals surface area (Å²) in [7, 11) is 6.13. The Morgan fingerprint density at radius 3 is 2.31 bits per heavy atom. The molecule has 0 amide bonds. The number of hydrogen-bond donors (Lipinski definition) is 5. The normalized spacial score (nSPS) is 40.4. The number of aliphatic imine (C=N–C) groups is 1. The third kappa shape index (κ3) is 15.5. The highest BCUT2D eigenvalue weighted by Gasteiger charge is 2.54. The number of carbonyl (C=O) groups excluding carboxylic acids is 1. The zero-order chi connectivity index (χ0) is 55.7. The third-order valence-electron chi connectivity index (χ3n) is 17.2. The Balaban J connectivity index is 1.39. The van der Waals surface area contributed by atoms with E-state index in [0.717, 1.165) is 23.1 Å². The number of cyclic esters (lactones) is 1. The SMILES string of the molecule is CC[C@H]1OC(=O)[C@H](C)[C@@H](C2C[C@@](C)(OC)[C@@H](O)[C@H](C)O2)[C@H](C)[C@@H](O[C@H]2C[C@@H](N(C)CCC(C=N[C@H](CF)C(OC)c3ccc(C4=CCS(=O)CC4)cc3)=NN)C[C@@H](C)O2)[C@](C)(O)C[C@@H](C)CN(C)[C@H](C)[C@@H](O)[C@]1(C)O. The quantitative estimate of drug-likeness (QED) is 0.0587. The zero-order valence-electron chi connectivity index (χ0n) is 47.4. The second-order valence-corrected chi connectivity index (χ2v) is 24.7. The van der Waals surface area contributed by atoms with E-state index < -0.39 is 119 Å². The number of rotatable bonds is 16. The number of hydrogen-bond acceptors (Lipinski definition) is 17. The van der Waals surface area contributed by atoms with E-state index in [9.17, 15) is 33.8 Å². The molecule has 0 bridgehead atoms. The van der Waals surface area contributed by atoms with Crippen LogP contribution in [0.2, 0.25) is 0 Å². The van der Waals surface area contributed by atoms with Gasteiger partial charge in [0.15, 0.2) is 6.29 Å². The number of esters is 1. The Kier molecular flexibility index (Phi) is 23.0. The maximum absolute atomic E-state index is 14.7. The molecule has 4 aliphatic heterocycles. The maximum Gasteiger partial charge on any atom is 0.309 e. The minimum atomic E-state index is -1.81. The predicted octanol–water partition coefficient (Wildman–Crippen LogP) is 5.61. The third-order valence-corrected chi connectivity index (χ3v) is 18.4. The maximum atomic E-state index is 14.7. The van der Waals surface area contributed by atoms with Gasteiger partial charge in [0.25, 0.3) is 0 Å². The molecule has 4 aliphatic rings. The lowest BCUT2D eigenvalue weighted by Crippen LogP contribution is -2.61. The number of carbonyl (C=O) groups is 1. The van der Waals surface area contributed by atoms with Gasteiger partial charge in [0, 0.05) is 93.1 Å². The number of ether oxygens (including phenoxy) is 6. The van der Waals surface area contributed by atoms with E-state index in [4.69, 9.17) is 34.3 Å². The number of nitrogens with two attached hydrogens (primary N) is 1. The number of allylic oxidation sites excluding steroid dienone is 1. The highest BCUT2D eigenvalue weighted by Crippen LogP contribution is 2.45. The van der Waals surface area contributed by atoms with Gasteiger partial charge in [0.1, 0.15) is 42.7 Å². The predicted molar refractivity (Wildman–Crippen MR) is 292 cm³/mol. The minimum absolute atomic E-state index is 0.0430. The van der Waals surface area contributed by atoms with Crippen LogP contribution in [0.1, 0.15) is 131 Å². The van der Waals surface area contributed by atoms with Crippen LogP contribution in [0.3, 0.4) is 0 Å². The van der Waals surface area contributed by atoms with Crippen LogP contribution in [0.15, 0.2) is 40.4 Å². The van der Waals surface area contributed by atoms with Crippen molar-refractivity contribution in [3.63, 3.8) is 0 Å². The van der Waals surface area contributed by atoms with Crippen molar-refractivity contribution in [1.29, 1.82) is 0 Å². The van der Waals surface area contributed by atoms with E-state index in [-0.39, 0.29) is 37.3 Å². The second kappa shape index (κ2) is 27.4. The number of likely N-dealkylation sites (N-methyl/N-ethyl adjacent to an activating group) is 1. The number of halogens is 1. The number of hydrazone groups is 1. The molecule has 0 aromatic heterocycles. The summed E-state index contributed by atoms with van der Waals surface area (Å²) in [5.41, 5.74) is -0.906. The summed E-state index contributed by atoms with van der Waals surface area (Å²) in [5, 5.41) is 51.9. The van der Waals surface area contributed by atoms with Gasteiger partial charge in [-0.05, 0) is 110 Å². The average molecular weight is 1080 g/mol. The average Bonchev–Trinajstić information content (AvgIpc) is 3.37. The summed E-state index contributed by atoms with van der Waals surface area (Å²) in [6.45, 7) is 18.4. The van der Waals surface area contributed by atoms with Crippen LogP contribution in [0.4, 0.5) is 4.39 Å². The Morgan fingerprint density at radius 2 is 1.72 bits per heavy atom. The first-order chi connectivity index (χ1) is 35.2. The van der Waals surface area contributed by atoms with Crippen molar-refractivity contribution in [2.45, 2.75) is 204 Å². The highest BCUT2D eigenvalue weighted by atomic mass is 32.2. The standard InChI is InChI=1S/C56H94FN5O12S/c1-15-46-56(10,67)50(63)37(6)62(12)32-33(2)28-54(8,66)52(35(4)48(36(5)53(65)73-46)45-29-55(9,70-14)51(64)38(7)72-45)74-47-27-43(26-34(3)71-47)61(11)23-20-42(60-58)31-59-44(30-57)49(69-13)41-18-16-39(17-19-41)40-21-24-75(68)25-22-40/h16-19,21,31,33-38,43-52,63-64,66-67H,15,20,22-30,32,58H2,1-14H3/t33-,34-,35+,36-,37-,38+,43+,44-,45?,46-,47+,48+,49?,50-,51+,52-,54-,55-,56-,75?/m1/s1. The molecule has 19 heteroatoms. The molecular formula is C56H94FN5O12S. The summed E-state index contributed by atoms with van der Waals surface area (Å²) in [6.07, 6.45) is -0.754. The van der Waals surface area contributed by atoms with Crippen molar-refractivity contribution >= 4 is 34.3 Å². The molecule has 20 atom stereocenters. The van der Waals surface area contributed by atoms with E-state index in [2.05, 4.69) is 15.0 Å². The minimum Gasteiger partial charge on any atom is -0.459 e. The van der Waals surface area contributed by atoms with Gasteiger partial charge >= 0.3 is 5.97 Å². The molecule has 6 N–H and O–H groups in total. The van der Waals surface area contributed by atoms with E-state index in [0.29, 0.717) is 49.6 Å². The highest BCUT2D eigenvalue weighted by molar-refractivity contribution is 7.85. The summed E-state index contributed by atoms with van der Waals surface area (Å²) >= 11 is 0. The molecule has 0 saturated carbocycles. The van der Waals surface area contributed by atoms with Crippen LogP contribution in [0, 0.1) is 23.7 Å². The van der Waals surface area contributed by atoms with Crippen molar-refractivity contribution in [2.75, 3.05) is 59.6 Å². The smallest absolute Gasteiger partial charge is 0.309 e. The molecule has 17 nitrogen and oxygen atoms in total. The van der Waals surface area contributed by atoms with Crippen LogP contribution in [-0.4, -0.2) is 196 Å². The lowest BCUT2D eigenvalue weighted by Gasteiger charge is -2.51. The molecule has 5 rings (SSSR count). The molecule has 75 heavy (non-hydrogen) atoms.